The molecule has 1 aliphatic heterocycles. The first kappa shape index (κ1) is 17.1. The molecule has 3 aromatic heterocycles. The summed E-state index contributed by atoms with van der Waals surface area (Å²) >= 11 is 0. The van der Waals surface area contributed by atoms with Crippen LogP contribution in [0.4, 0.5) is 5.82 Å². The normalized spacial score (nSPS) is 13.1. The fourth-order valence-corrected chi connectivity index (χ4v) is 3.35. The highest BCUT2D eigenvalue weighted by atomic mass is 16.1. The van der Waals surface area contributed by atoms with Gasteiger partial charge in [-0.2, -0.15) is 0 Å². The van der Waals surface area contributed by atoms with E-state index in [4.69, 9.17) is 0 Å². The van der Waals surface area contributed by atoms with Crippen LogP contribution in [-0.4, -0.2) is 27.4 Å². The largest absolute Gasteiger partial charge is 0.352 e. The molecule has 0 spiro atoms. The van der Waals surface area contributed by atoms with Gasteiger partial charge in [-0.05, 0) is 42.3 Å². The van der Waals surface area contributed by atoms with Gasteiger partial charge in [-0.1, -0.05) is 12.1 Å². The van der Waals surface area contributed by atoms with Crippen molar-refractivity contribution in [2.24, 2.45) is 0 Å². The minimum atomic E-state index is -0.143. The minimum Gasteiger partial charge on any atom is -0.352 e. The summed E-state index contributed by atoms with van der Waals surface area (Å²) in [6, 6.07) is 11.6. The summed E-state index contributed by atoms with van der Waals surface area (Å²) in [4.78, 5) is 27.9. The van der Waals surface area contributed by atoms with E-state index in [2.05, 4.69) is 31.2 Å². The molecule has 6 nitrogen and oxygen atoms in total. The lowest BCUT2D eigenvalue weighted by molar-refractivity contribution is 0.0950. The number of carbonyl (C=O) groups excluding carboxylic acids is 1. The number of aromatic nitrogens is 3. The molecule has 0 radical (unpaired) electrons. The second-order valence-electron chi connectivity index (χ2n) is 6.65. The van der Waals surface area contributed by atoms with E-state index in [1.54, 1.807) is 12.4 Å². The van der Waals surface area contributed by atoms with Crippen molar-refractivity contribution in [3.05, 3.63) is 83.1 Å². The lowest BCUT2D eigenvalue weighted by Crippen LogP contribution is -2.32. The van der Waals surface area contributed by atoms with E-state index < -0.39 is 0 Å². The van der Waals surface area contributed by atoms with Gasteiger partial charge in [-0.15, -0.1) is 0 Å². The van der Waals surface area contributed by atoms with E-state index >= 15 is 0 Å². The van der Waals surface area contributed by atoms with Crippen molar-refractivity contribution >= 4 is 11.7 Å². The zero-order valence-electron chi connectivity index (χ0n) is 15.2. The van der Waals surface area contributed by atoms with Gasteiger partial charge in [-0.3, -0.25) is 14.8 Å². The van der Waals surface area contributed by atoms with Gasteiger partial charge in [0, 0.05) is 43.8 Å². The Bertz CT molecular complexity index is 958. The summed E-state index contributed by atoms with van der Waals surface area (Å²) in [5.74, 6) is 0.779. The molecule has 0 aliphatic carbocycles. The van der Waals surface area contributed by atoms with E-state index in [0.29, 0.717) is 12.1 Å². The summed E-state index contributed by atoms with van der Waals surface area (Å²) in [6.07, 6.45) is 6.11. The zero-order chi connectivity index (χ0) is 18.6. The summed E-state index contributed by atoms with van der Waals surface area (Å²) in [5.41, 5.74) is 4.78. The Hall–Kier alpha value is -3.28. The van der Waals surface area contributed by atoms with Crippen LogP contribution in [0.15, 0.2) is 55.0 Å². The first-order valence-corrected chi connectivity index (χ1v) is 9.03. The highest BCUT2D eigenvalue weighted by molar-refractivity contribution is 5.94. The molecule has 0 fully saturated rings. The quantitative estimate of drug-likeness (QED) is 0.775. The van der Waals surface area contributed by atoms with E-state index in [-0.39, 0.29) is 5.91 Å². The number of rotatable bonds is 4. The average Bonchev–Trinajstić information content (AvgIpc) is 2.72. The van der Waals surface area contributed by atoms with Crippen molar-refractivity contribution in [3.8, 4) is 0 Å². The highest BCUT2D eigenvalue weighted by Gasteiger charge is 2.20. The SMILES string of the molecule is Cc1cc(C(=O)NCc2ccccn2)cnc1N1CCc2ncccc2C1. The Kier molecular flexibility index (Phi) is 4.78. The molecule has 0 atom stereocenters. The fourth-order valence-electron chi connectivity index (χ4n) is 3.35. The zero-order valence-corrected chi connectivity index (χ0v) is 15.2. The van der Waals surface area contributed by atoms with Gasteiger partial charge in [-0.25, -0.2) is 4.98 Å². The van der Waals surface area contributed by atoms with Crippen LogP contribution < -0.4 is 10.2 Å². The summed E-state index contributed by atoms with van der Waals surface area (Å²) in [6.45, 7) is 4.07. The number of hydrogen-bond acceptors (Lipinski definition) is 5. The van der Waals surface area contributed by atoms with Crippen LogP contribution in [0.2, 0.25) is 0 Å². The van der Waals surface area contributed by atoms with Gasteiger partial charge >= 0.3 is 0 Å². The number of carbonyl (C=O) groups is 1. The molecule has 0 saturated heterocycles. The number of nitrogens with zero attached hydrogens (tertiary/aromatic N) is 4. The highest BCUT2D eigenvalue weighted by Crippen LogP contribution is 2.24. The van der Waals surface area contributed by atoms with E-state index in [9.17, 15) is 4.79 Å². The first-order valence-electron chi connectivity index (χ1n) is 9.03. The topological polar surface area (TPSA) is 71.0 Å². The van der Waals surface area contributed by atoms with Gasteiger partial charge < -0.3 is 10.2 Å². The molecule has 3 aromatic rings. The Morgan fingerprint density at radius 1 is 1.15 bits per heavy atom. The van der Waals surface area contributed by atoms with Crippen LogP contribution in [0.25, 0.3) is 0 Å². The molecule has 0 saturated carbocycles. The third-order valence-electron chi connectivity index (χ3n) is 4.73. The van der Waals surface area contributed by atoms with Crippen LogP contribution in [-0.2, 0) is 19.5 Å². The molecule has 27 heavy (non-hydrogen) atoms. The number of fused-ring (bicyclic) bond motifs is 1. The van der Waals surface area contributed by atoms with E-state index in [1.807, 2.05) is 43.5 Å². The molecular weight excluding hydrogens is 338 g/mol. The Labute approximate surface area is 158 Å². The molecule has 0 aromatic carbocycles. The molecule has 6 heteroatoms. The molecule has 1 amide bonds. The molecule has 4 heterocycles. The second-order valence-corrected chi connectivity index (χ2v) is 6.65. The van der Waals surface area contributed by atoms with Crippen molar-refractivity contribution in [2.75, 3.05) is 11.4 Å². The maximum Gasteiger partial charge on any atom is 0.253 e. The average molecular weight is 359 g/mol. The summed E-state index contributed by atoms with van der Waals surface area (Å²) in [7, 11) is 0. The van der Waals surface area contributed by atoms with Gasteiger partial charge in [0.2, 0.25) is 0 Å². The number of aryl methyl sites for hydroxylation is 1. The predicted octanol–water partition coefficient (Wildman–Crippen LogP) is 2.67. The Balaban J connectivity index is 1.46. The third kappa shape index (κ3) is 3.79. The smallest absolute Gasteiger partial charge is 0.253 e. The maximum absolute atomic E-state index is 12.4. The molecule has 1 N–H and O–H groups in total. The van der Waals surface area contributed by atoms with Crippen LogP contribution >= 0.6 is 0 Å². The van der Waals surface area contributed by atoms with Gasteiger partial charge in [0.25, 0.3) is 5.91 Å². The van der Waals surface area contributed by atoms with Crippen molar-refractivity contribution in [1.29, 1.82) is 0 Å². The van der Waals surface area contributed by atoms with Gasteiger partial charge in [0.15, 0.2) is 0 Å². The fraction of sp³-hybridized carbons (Fsp3) is 0.238. The summed E-state index contributed by atoms with van der Waals surface area (Å²) in [5, 5.41) is 2.89. The summed E-state index contributed by atoms with van der Waals surface area (Å²) < 4.78 is 0. The first-order chi connectivity index (χ1) is 13.2. The van der Waals surface area contributed by atoms with Crippen LogP contribution in [0.3, 0.4) is 0 Å². The lowest BCUT2D eigenvalue weighted by atomic mass is 10.0. The number of anilines is 1. The number of hydrogen-bond donors (Lipinski definition) is 1. The van der Waals surface area contributed by atoms with Crippen molar-refractivity contribution in [2.45, 2.75) is 26.4 Å². The number of pyridine rings is 3. The van der Waals surface area contributed by atoms with Crippen molar-refractivity contribution < 1.29 is 4.79 Å². The van der Waals surface area contributed by atoms with Crippen molar-refractivity contribution in [3.63, 3.8) is 0 Å². The van der Waals surface area contributed by atoms with Crippen LogP contribution in [0.1, 0.15) is 32.9 Å². The molecular formula is C21H21N5O. The van der Waals surface area contributed by atoms with Crippen molar-refractivity contribution in [1.82, 2.24) is 20.3 Å². The monoisotopic (exact) mass is 359 g/mol. The second kappa shape index (κ2) is 7.53. The predicted molar refractivity (Wildman–Crippen MR) is 103 cm³/mol. The van der Waals surface area contributed by atoms with Crippen LogP contribution in [0.5, 0.6) is 0 Å². The maximum atomic E-state index is 12.4. The number of amides is 1. The molecule has 0 bridgehead atoms. The Morgan fingerprint density at radius 3 is 2.85 bits per heavy atom. The number of nitrogens with one attached hydrogen (secondary N) is 1. The molecule has 0 unspecified atom stereocenters. The lowest BCUT2D eigenvalue weighted by Gasteiger charge is -2.30. The standard InChI is InChI=1S/C21H21N5O/c1-15-11-17(21(27)25-13-18-6-2-3-8-22-18)12-24-20(15)26-10-7-19-16(14-26)5-4-9-23-19/h2-6,8-9,11-12H,7,10,13-14H2,1H3,(H,25,27). The van der Waals surface area contributed by atoms with E-state index in [0.717, 1.165) is 42.3 Å². The van der Waals surface area contributed by atoms with Crippen LogP contribution in [0, 0.1) is 6.92 Å². The van der Waals surface area contributed by atoms with Gasteiger partial charge in [0.1, 0.15) is 5.82 Å². The van der Waals surface area contributed by atoms with Gasteiger partial charge in [0.05, 0.1) is 17.8 Å². The third-order valence-corrected chi connectivity index (χ3v) is 4.73. The Morgan fingerprint density at radius 2 is 2.04 bits per heavy atom. The molecule has 136 valence electrons. The van der Waals surface area contributed by atoms with E-state index in [1.165, 1.54) is 5.56 Å². The minimum absolute atomic E-state index is 0.143. The molecule has 1 aliphatic rings. The molecule has 4 rings (SSSR count).